The normalized spacial score (nSPS) is 11.4. The highest BCUT2D eigenvalue weighted by Gasteiger charge is 2.22. The quantitative estimate of drug-likeness (QED) is 0.130. The number of rotatable bonds is 22. The molecule has 0 aromatic rings. The van der Waals surface area contributed by atoms with Crippen LogP contribution in [0.15, 0.2) is 0 Å². The van der Waals surface area contributed by atoms with Crippen molar-refractivity contribution in [3.8, 4) is 0 Å². The summed E-state index contributed by atoms with van der Waals surface area (Å²) in [6.07, 6.45) is 15.5. The smallest absolute Gasteiger partial charge is 0.326 e. The highest BCUT2D eigenvalue weighted by atomic mass is 16.4. The molecule has 9 nitrogen and oxygen atoms in total. The summed E-state index contributed by atoms with van der Waals surface area (Å²) in [5.41, 5.74) is 0. The van der Waals surface area contributed by atoms with E-state index in [-0.39, 0.29) is 25.5 Å². The third kappa shape index (κ3) is 28.3. The Morgan fingerprint density at radius 1 is 0.697 bits per heavy atom. The van der Waals surface area contributed by atoms with E-state index in [1.165, 1.54) is 64.2 Å². The maximum absolute atomic E-state index is 11.7. The van der Waals surface area contributed by atoms with Crippen LogP contribution in [-0.2, 0) is 14.4 Å². The van der Waals surface area contributed by atoms with Gasteiger partial charge in [0, 0.05) is 19.5 Å². The first-order valence-electron chi connectivity index (χ1n) is 12.5. The van der Waals surface area contributed by atoms with Crippen molar-refractivity contribution in [2.24, 2.45) is 0 Å². The minimum absolute atomic E-state index is 0.139. The Hall–Kier alpha value is -1.71. The minimum Gasteiger partial charge on any atom is -0.481 e. The second-order valence-electron chi connectivity index (χ2n) is 8.25. The zero-order valence-electron chi connectivity index (χ0n) is 20.5. The molecular formula is C24H48N2O7. The topological polar surface area (TPSA) is 156 Å². The average molecular weight is 477 g/mol. The van der Waals surface area contributed by atoms with E-state index in [0.717, 1.165) is 12.8 Å². The number of aliphatic hydroxyl groups is 2. The van der Waals surface area contributed by atoms with Crippen LogP contribution >= 0.6 is 0 Å². The van der Waals surface area contributed by atoms with Crippen LogP contribution in [-0.4, -0.2) is 70.6 Å². The lowest BCUT2D eigenvalue weighted by atomic mass is 10.0. The molecule has 0 rings (SSSR count). The summed E-state index contributed by atoms with van der Waals surface area (Å²) < 4.78 is 0. The van der Waals surface area contributed by atoms with Crippen LogP contribution in [0.4, 0.5) is 0 Å². The predicted molar refractivity (Wildman–Crippen MR) is 129 cm³/mol. The van der Waals surface area contributed by atoms with Gasteiger partial charge in [0.05, 0.1) is 19.6 Å². The van der Waals surface area contributed by atoms with Gasteiger partial charge >= 0.3 is 11.9 Å². The monoisotopic (exact) mass is 476 g/mol. The first kappa shape index (κ1) is 33.5. The maximum Gasteiger partial charge on any atom is 0.326 e. The Balaban J connectivity index is 0. The molecule has 9 heteroatoms. The SMILES string of the molecule is CCCCCCCCCCCCCCCC(=O)N[C@@H](CC(=O)O)C(=O)O.OCCNCCO. The van der Waals surface area contributed by atoms with E-state index in [4.69, 9.17) is 20.4 Å². The number of amides is 1. The summed E-state index contributed by atoms with van der Waals surface area (Å²) in [5, 5.41) is 38.9. The second-order valence-corrected chi connectivity index (χ2v) is 8.25. The van der Waals surface area contributed by atoms with Crippen molar-refractivity contribution < 1.29 is 34.8 Å². The lowest BCUT2D eigenvalue weighted by Gasteiger charge is -2.12. The molecule has 0 spiro atoms. The number of carboxylic acid groups (broad SMARTS) is 2. The van der Waals surface area contributed by atoms with E-state index in [9.17, 15) is 14.4 Å². The molecule has 0 bridgehead atoms. The van der Waals surface area contributed by atoms with Crippen molar-refractivity contribution in [2.45, 2.75) is 109 Å². The molecule has 1 amide bonds. The lowest BCUT2D eigenvalue weighted by molar-refractivity contribution is -0.147. The van der Waals surface area contributed by atoms with Gasteiger partial charge in [-0.1, -0.05) is 84.0 Å². The molecule has 0 unspecified atom stereocenters. The van der Waals surface area contributed by atoms with Gasteiger partial charge in [-0.15, -0.1) is 0 Å². The molecule has 0 fully saturated rings. The number of aliphatic carboxylic acids is 2. The van der Waals surface area contributed by atoms with Gasteiger partial charge < -0.3 is 31.1 Å². The third-order valence-corrected chi connectivity index (χ3v) is 5.10. The Kier molecular flexibility index (Phi) is 26.9. The van der Waals surface area contributed by atoms with E-state index >= 15 is 0 Å². The van der Waals surface area contributed by atoms with E-state index in [0.29, 0.717) is 19.5 Å². The summed E-state index contributed by atoms with van der Waals surface area (Å²) in [4.78, 5) is 33.1. The molecule has 0 aliphatic carbocycles. The molecule has 0 saturated carbocycles. The molecule has 6 N–H and O–H groups in total. The van der Waals surface area contributed by atoms with Crippen molar-refractivity contribution in [1.82, 2.24) is 10.6 Å². The van der Waals surface area contributed by atoms with Crippen molar-refractivity contribution in [3.05, 3.63) is 0 Å². The van der Waals surface area contributed by atoms with Crippen LogP contribution < -0.4 is 10.6 Å². The van der Waals surface area contributed by atoms with Gasteiger partial charge in [0.1, 0.15) is 6.04 Å². The molecule has 0 aliphatic rings. The fourth-order valence-electron chi connectivity index (χ4n) is 3.23. The summed E-state index contributed by atoms with van der Waals surface area (Å²) in [5.74, 6) is -2.94. The Bertz CT molecular complexity index is 472. The average Bonchev–Trinajstić information content (AvgIpc) is 2.77. The fourth-order valence-corrected chi connectivity index (χ4v) is 3.23. The summed E-state index contributed by atoms with van der Waals surface area (Å²) in [6, 6.07) is -1.35. The van der Waals surface area contributed by atoms with E-state index in [2.05, 4.69) is 17.6 Å². The standard InChI is InChI=1S/C20H37NO5.C4H11NO2/c1-2-3-4-5-6-7-8-9-10-11-12-13-14-15-18(22)21-17(20(25)26)16-19(23)24;6-3-1-5-2-4-7/h17H,2-16H2,1H3,(H,21,22)(H,23,24)(H,25,26);5-7H,1-4H2/t17-;/m0./s1. The van der Waals surface area contributed by atoms with Gasteiger partial charge in [0.15, 0.2) is 0 Å². The molecule has 0 saturated heterocycles. The summed E-state index contributed by atoms with van der Waals surface area (Å²) in [7, 11) is 0. The number of nitrogens with one attached hydrogen (secondary N) is 2. The number of carbonyl (C=O) groups excluding carboxylic acids is 1. The van der Waals surface area contributed by atoms with E-state index < -0.39 is 24.4 Å². The van der Waals surface area contributed by atoms with Crippen LogP contribution in [0, 0.1) is 0 Å². The molecule has 33 heavy (non-hydrogen) atoms. The van der Waals surface area contributed by atoms with Crippen LogP contribution in [0.1, 0.15) is 103 Å². The number of carboxylic acids is 2. The maximum atomic E-state index is 11.7. The first-order valence-corrected chi connectivity index (χ1v) is 12.5. The Morgan fingerprint density at radius 2 is 1.12 bits per heavy atom. The molecule has 0 aliphatic heterocycles. The number of carbonyl (C=O) groups is 3. The molecule has 1 atom stereocenters. The third-order valence-electron chi connectivity index (χ3n) is 5.10. The predicted octanol–water partition coefficient (Wildman–Crippen LogP) is 3.07. The van der Waals surface area contributed by atoms with Crippen molar-refractivity contribution in [2.75, 3.05) is 26.3 Å². The number of unbranched alkanes of at least 4 members (excludes halogenated alkanes) is 12. The van der Waals surface area contributed by atoms with Gasteiger partial charge in [-0.25, -0.2) is 4.79 Å². The van der Waals surface area contributed by atoms with Gasteiger partial charge in [0.25, 0.3) is 0 Å². The van der Waals surface area contributed by atoms with Crippen LogP contribution in [0.25, 0.3) is 0 Å². The largest absolute Gasteiger partial charge is 0.481 e. The number of hydrogen-bond donors (Lipinski definition) is 6. The summed E-state index contributed by atoms with van der Waals surface area (Å²) in [6.45, 7) is 3.65. The van der Waals surface area contributed by atoms with E-state index in [1.54, 1.807) is 0 Å². The zero-order valence-corrected chi connectivity index (χ0v) is 20.5. The van der Waals surface area contributed by atoms with Gasteiger partial charge in [-0.2, -0.15) is 0 Å². The summed E-state index contributed by atoms with van der Waals surface area (Å²) >= 11 is 0. The van der Waals surface area contributed by atoms with Gasteiger partial charge in [-0.3, -0.25) is 9.59 Å². The molecule has 196 valence electrons. The van der Waals surface area contributed by atoms with Crippen LogP contribution in [0.5, 0.6) is 0 Å². The fraction of sp³-hybridized carbons (Fsp3) is 0.875. The number of aliphatic hydroxyl groups excluding tert-OH is 2. The second kappa shape index (κ2) is 26.5. The minimum atomic E-state index is -1.35. The van der Waals surface area contributed by atoms with E-state index in [1.807, 2.05) is 0 Å². The van der Waals surface area contributed by atoms with Crippen molar-refractivity contribution in [3.63, 3.8) is 0 Å². The highest BCUT2D eigenvalue weighted by molar-refractivity contribution is 5.86. The molecular weight excluding hydrogens is 428 g/mol. The van der Waals surface area contributed by atoms with Crippen molar-refractivity contribution in [1.29, 1.82) is 0 Å². The molecule has 0 heterocycles. The first-order chi connectivity index (χ1) is 15.9. The van der Waals surface area contributed by atoms with Gasteiger partial charge in [-0.05, 0) is 6.42 Å². The zero-order chi connectivity index (χ0) is 25.2. The number of hydrogen-bond acceptors (Lipinski definition) is 6. The molecule has 0 radical (unpaired) electrons. The Labute approximate surface area is 199 Å². The molecule has 0 aromatic carbocycles. The van der Waals surface area contributed by atoms with Crippen LogP contribution in [0.2, 0.25) is 0 Å². The Morgan fingerprint density at radius 3 is 1.48 bits per heavy atom. The molecule has 0 aromatic heterocycles. The lowest BCUT2D eigenvalue weighted by Crippen LogP contribution is -2.42. The van der Waals surface area contributed by atoms with Crippen LogP contribution in [0.3, 0.4) is 0 Å². The van der Waals surface area contributed by atoms with Gasteiger partial charge in [0.2, 0.25) is 5.91 Å². The highest BCUT2D eigenvalue weighted by Crippen LogP contribution is 2.13. The van der Waals surface area contributed by atoms with Crippen molar-refractivity contribution >= 4 is 17.8 Å².